The van der Waals surface area contributed by atoms with Gasteiger partial charge in [-0.1, -0.05) is 35.9 Å². The number of aromatic nitrogens is 2. The average molecular weight is 454 g/mol. The van der Waals surface area contributed by atoms with E-state index < -0.39 is 0 Å². The van der Waals surface area contributed by atoms with Crippen LogP contribution < -0.4 is 4.90 Å². The third-order valence-electron chi connectivity index (χ3n) is 8.18. The number of nitrogens with zero attached hydrogens (tertiary/aromatic N) is 5. The van der Waals surface area contributed by atoms with Gasteiger partial charge in [-0.15, -0.1) is 0 Å². The van der Waals surface area contributed by atoms with E-state index in [-0.39, 0.29) is 35.5 Å². The van der Waals surface area contributed by atoms with Gasteiger partial charge >= 0.3 is 0 Å². The molecule has 0 radical (unpaired) electrons. The minimum atomic E-state index is -0.121. The fourth-order valence-electron chi connectivity index (χ4n) is 6.49. The second-order valence-electron chi connectivity index (χ2n) is 9.67. The highest BCUT2D eigenvalue weighted by atomic mass is 35.5. The zero-order valence-corrected chi connectivity index (χ0v) is 18.8. The van der Waals surface area contributed by atoms with Crippen LogP contribution in [-0.4, -0.2) is 70.9 Å². The molecule has 3 fully saturated rings. The molecule has 0 aromatic carbocycles. The molecule has 6 aliphatic rings. The molecule has 8 heteroatoms. The van der Waals surface area contributed by atoms with Crippen LogP contribution >= 0.6 is 11.6 Å². The number of hydrogen-bond acceptors (Lipinski definition) is 6. The van der Waals surface area contributed by atoms with Gasteiger partial charge in [-0.2, -0.15) is 0 Å². The number of hydrogen-bond donors (Lipinski definition) is 0. The first kappa shape index (κ1) is 20.4. The lowest BCUT2D eigenvalue weighted by molar-refractivity contribution is -0.140. The predicted molar refractivity (Wildman–Crippen MR) is 121 cm³/mol. The van der Waals surface area contributed by atoms with Crippen molar-refractivity contribution in [1.82, 2.24) is 19.8 Å². The van der Waals surface area contributed by atoms with E-state index in [1.54, 1.807) is 17.3 Å². The Morgan fingerprint density at radius 2 is 1.34 bits per heavy atom. The highest BCUT2D eigenvalue weighted by Gasteiger charge is 2.62. The first-order valence-corrected chi connectivity index (χ1v) is 12.2. The minimum absolute atomic E-state index is 0.0764. The van der Waals surface area contributed by atoms with Gasteiger partial charge in [0.05, 0.1) is 11.8 Å². The lowest BCUT2D eigenvalue weighted by atomic mass is 9.50. The minimum Gasteiger partial charge on any atom is -0.351 e. The van der Waals surface area contributed by atoms with Crippen LogP contribution in [0.2, 0.25) is 5.15 Å². The van der Waals surface area contributed by atoms with Gasteiger partial charge in [0, 0.05) is 45.1 Å². The van der Waals surface area contributed by atoms with Crippen LogP contribution in [0.3, 0.4) is 0 Å². The number of allylic oxidation sites excluding steroid dienone is 4. The fourth-order valence-corrected chi connectivity index (χ4v) is 6.71. The molecule has 2 aliphatic heterocycles. The first-order valence-electron chi connectivity index (χ1n) is 11.8. The number of piperazine rings is 1. The summed E-state index contributed by atoms with van der Waals surface area (Å²) in [4.78, 5) is 40.9. The summed E-state index contributed by atoms with van der Waals surface area (Å²) in [5.74, 6) is 2.06. The third kappa shape index (κ3) is 3.12. The largest absolute Gasteiger partial charge is 0.351 e. The van der Waals surface area contributed by atoms with Crippen LogP contribution in [0.5, 0.6) is 0 Å². The Bertz CT molecular complexity index is 948. The quantitative estimate of drug-likeness (QED) is 0.374. The fraction of sp³-hybridized carbons (Fsp3) is 0.583. The molecule has 7 rings (SSSR count). The van der Waals surface area contributed by atoms with Gasteiger partial charge in [-0.25, -0.2) is 9.97 Å². The van der Waals surface area contributed by atoms with E-state index in [9.17, 15) is 9.59 Å². The van der Waals surface area contributed by atoms with Crippen molar-refractivity contribution in [2.75, 3.05) is 44.2 Å². The molecule has 3 heterocycles. The molecule has 0 N–H and O–H groups in total. The Balaban J connectivity index is 0.984. The van der Waals surface area contributed by atoms with Gasteiger partial charge in [0.2, 0.25) is 11.8 Å². The molecule has 6 unspecified atom stereocenters. The summed E-state index contributed by atoms with van der Waals surface area (Å²) in [5, 5.41) is 0.453. The van der Waals surface area contributed by atoms with E-state index in [0.717, 1.165) is 51.4 Å². The normalized spacial score (nSPS) is 35.3. The van der Waals surface area contributed by atoms with E-state index in [4.69, 9.17) is 11.6 Å². The van der Waals surface area contributed by atoms with Crippen LogP contribution in [0.1, 0.15) is 12.8 Å². The van der Waals surface area contributed by atoms with Gasteiger partial charge in [-0.3, -0.25) is 19.4 Å². The summed E-state index contributed by atoms with van der Waals surface area (Å²) >= 11 is 6.17. The number of unbranched alkanes of at least 4 members (excludes halogenated alkanes) is 1. The monoisotopic (exact) mass is 453 g/mol. The smallest absolute Gasteiger partial charge is 0.233 e. The Kier molecular flexibility index (Phi) is 5.06. The average Bonchev–Trinajstić information content (AvgIpc) is 3.03. The van der Waals surface area contributed by atoms with Crippen molar-refractivity contribution in [3.63, 3.8) is 0 Å². The molecule has 2 bridgehead atoms. The highest BCUT2D eigenvalue weighted by molar-refractivity contribution is 6.31. The van der Waals surface area contributed by atoms with Gasteiger partial charge in [0.1, 0.15) is 0 Å². The van der Waals surface area contributed by atoms with E-state index in [1.165, 1.54) is 0 Å². The molecule has 32 heavy (non-hydrogen) atoms. The molecule has 0 spiro atoms. The van der Waals surface area contributed by atoms with E-state index in [1.807, 2.05) is 0 Å². The SMILES string of the molecule is O=C1C2C3C=CC(C4C=CC43)C2C(=O)N1CCCCN1CCN(c2nccnc2Cl)CC1. The predicted octanol–water partition coefficient (Wildman–Crippen LogP) is 2.25. The molecule has 7 nitrogen and oxygen atoms in total. The van der Waals surface area contributed by atoms with E-state index >= 15 is 0 Å². The second kappa shape index (κ2) is 7.96. The van der Waals surface area contributed by atoms with Gasteiger partial charge in [-0.05, 0) is 43.1 Å². The number of imide groups is 1. The van der Waals surface area contributed by atoms with Crippen molar-refractivity contribution in [2.24, 2.45) is 35.5 Å². The molecule has 2 saturated heterocycles. The zero-order valence-electron chi connectivity index (χ0n) is 18.0. The summed E-state index contributed by atoms with van der Waals surface area (Å²) < 4.78 is 0. The van der Waals surface area contributed by atoms with Gasteiger partial charge in [0.25, 0.3) is 0 Å². The van der Waals surface area contributed by atoms with Crippen molar-refractivity contribution in [3.8, 4) is 0 Å². The molecule has 6 atom stereocenters. The Labute approximate surface area is 193 Å². The number of halogens is 1. The number of amides is 2. The maximum atomic E-state index is 13.1. The third-order valence-corrected chi connectivity index (χ3v) is 8.44. The van der Waals surface area contributed by atoms with Crippen LogP contribution in [-0.2, 0) is 9.59 Å². The number of likely N-dealkylation sites (tertiary alicyclic amines) is 1. The Hall–Kier alpha value is -2.25. The van der Waals surface area contributed by atoms with Crippen molar-refractivity contribution in [2.45, 2.75) is 12.8 Å². The molecule has 1 aromatic heterocycles. The van der Waals surface area contributed by atoms with Gasteiger partial charge in [0.15, 0.2) is 11.0 Å². The van der Waals surface area contributed by atoms with Crippen LogP contribution in [0.25, 0.3) is 0 Å². The molecule has 4 aliphatic carbocycles. The molecule has 1 saturated carbocycles. The Morgan fingerprint density at radius 3 is 1.94 bits per heavy atom. The van der Waals surface area contributed by atoms with Crippen LogP contribution in [0.15, 0.2) is 36.7 Å². The van der Waals surface area contributed by atoms with E-state index in [0.29, 0.717) is 23.5 Å². The number of anilines is 1. The molecule has 168 valence electrons. The lowest BCUT2D eigenvalue weighted by Crippen LogP contribution is -2.50. The maximum Gasteiger partial charge on any atom is 0.233 e. The zero-order chi connectivity index (χ0) is 21.8. The van der Waals surface area contributed by atoms with Crippen LogP contribution in [0, 0.1) is 35.5 Å². The lowest BCUT2D eigenvalue weighted by Gasteiger charge is -2.51. The van der Waals surface area contributed by atoms with Crippen LogP contribution in [0.4, 0.5) is 5.82 Å². The summed E-state index contributed by atoms with van der Waals surface area (Å²) in [6.07, 6.45) is 14.0. The Morgan fingerprint density at radius 1 is 0.781 bits per heavy atom. The van der Waals surface area contributed by atoms with Crippen molar-refractivity contribution >= 4 is 29.2 Å². The van der Waals surface area contributed by atoms with Crippen molar-refractivity contribution in [3.05, 3.63) is 41.9 Å². The molecular weight excluding hydrogens is 426 g/mol. The standard InChI is InChI=1S/C24H28ClN5O2/c25-21-22(27-8-7-26-21)29-13-11-28(12-14-29)9-1-2-10-30-23(31)19-17-5-6-18(20(19)24(30)32)16-4-3-15(16)17/h3-8,15-20H,1-2,9-14H2. The molecule has 1 aromatic rings. The number of rotatable bonds is 6. The van der Waals surface area contributed by atoms with Crippen molar-refractivity contribution < 1.29 is 9.59 Å². The summed E-state index contributed by atoms with van der Waals surface area (Å²) in [6, 6.07) is 0. The highest BCUT2D eigenvalue weighted by Crippen LogP contribution is 2.58. The maximum absolute atomic E-state index is 13.1. The number of carbonyl (C=O) groups is 2. The summed E-state index contributed by atoms with van der Waals surface area (Å²) in [5.41, 5.74) is 0. The topological polar surface area (TPSA) is 69.6 Å². The van der Waals surface area contributed by atoms with E-state index in [2.05, 4.69) is 44.1 Å². The number of carbonyl (C=O) groups excluding carboxylic acids is 2. The first-order chi connectivity index (χ1) is 15.6. The van der Waals surface area contributed by atoms with Gasteiger partial charge < -0.3 is 4.90 Å². The van der Waals surface area contributed by atoms with Crippen molar-refractivity contribution in [1.29, 1.82) is 0 Å². The summed E-state index contributed by atoms with van der Waals surface area (Å²) in [7, 11) is 0. The molecule has 2 amide bonds. The molecular formula is C24H28ClN5O2. The second-order valence-corrected chi connectivity index (χ2v) is 10.0. The summed E-state index contributed by atoms with van der Waals surface area (Å²) in [6.45, 7) is 5.18.